The summed E-state index contributed by atoms with van der Waals surface area (Å²) in [6, 6.07) is 8.82. The van der Waals surface area contributed by atoms with Crippen molar-refractivity contribution in [1.82, 2.24) is 0 Å². The second-order valence-electron chi connectivity index (χ2n) is 4.05. The van der Waals surface area contributed by atoms with E-state index in [2.05, 4.69) is 0 Å². The number of aromatic hydroxyl groups is 4. The molecule has 0 aromatic heterocycles. The Morgan fingerprint density at radius 1 is 0.700 bits per heavy atom. The Bertz CT molecular complexity index is 676. The van der Waals surface area contributed by atoms with Crippen LogP contribution in [0.2, 0.25) is 0 Å². The van der Waals surface area contributed by atoms with Crippen molar-refractivity contribution in [3.63, 3.8) is 0 Å². The van der Waals surface area contributed by atoms with Crippen molar-refractivity contribution in [1.29, 1.82) is 0 Å². The van der Waals surface area contributed by atoms with Crippen LogP contribution in [0.5, 0.6) is 23.0 Å². The standard InChI is InChI=1S/C14H12O6/c15-9-6-8(12(18)14(20)13(9)19)11(17)10(16)7-4-2-1-3-5-7/h1-6,15-20H. The monoisotopic (exact) mass is 276 g/mol. The molecule has 0 atom stereocenters. The summed E-state index contributed by atoms with van der Waals surface area (Å²) in [6.45, 7) is 0. The Labute approximate surface area is 113 Å². The summed E-state index contributed by atoms with van der Waals surface area (Å²) >= 11 is 0. The third-order valence-electron chi connectivity index (χ3n) is 2.75. The smallest absolute Gasteiger partial charge is 0.205 e. The topological polar surface area (TPSA) is 121 Å². The molecule has 0 saturated carbocycles. The molecule has 0 bridgehead atoms. The zero-order valence-electron chi connectivity index (χ0n) is 10.1. The predicted octanol–water partition coefficient (Wildman–Crippen LogP) is 2.45. The molecule has 6 N–H and O–H groups in total. The molecule has 0 aliphatic carbocycles. The Morgan fingerprint density at radius 2 is 1.30 bits per heavy atom. The molecule has 0 spiro atoms. The maximum absolute atomic E-state index is 9.93. The molecule has 20 heavy (non-hydrogen) atoms. The van der Waals surface area contributed by atoms with E-state index in [1.165, 1.54) is 12.1 Å². The van der Waals surface area contributed by atoms with Crippen LogP contribution in [0.4, 0.5) is 0 Å². The van der Waals surface area contributed by atoms with Gasteiger partial charge < -0.3 is 30.6 Å². The van der Waals surface area contributed by atoms with Crippen molar-refractivity contribution < 1.29 is 30.6 Å². The maximum Gasteiger partial charge on any atom is 0.205 e. The van der Waals surface area contributed by atoms with Gasteiger partial charge in [-0.25, -0.2) is 0 Å². The quantitative estimate of drug-likeness (QED) is 0.217. The van der Waals surface area contributed by atoms with E-state index in [4.69, 9.17) is 0 Å². The van der Waals surface area contributed by atoms with Gasteiger partial charge in [0.05, 0.1) is 5.56 Å². The Kier molecular flexibility index (Phi) is 3.30. The minimum Gasteiger partial charge on any atom is -0.504 e. The SMILES string of the molecule is OC(=C(O)c1cc(O)c(O)c(O)c1O)c1ccccc1. The number of phenols is 4. The van der Waals surface area contributed by atoms with E-state index < -0.39 is 40.1 Å². The van der Waals surface area contributed by atoms with Gasteiger partial charge in [0.2, 0.25) is 11.5 Å². The fraction of sp³-hybridized carbons (Fsp3) is 0. The molecule has 0 heterocycles. The van der Waals surface area contributed by atoms with E-state index in [9.17, 15) is 30.6 Å². The molecule has 0 fully saturated rings. The van der Waals surface area contributed by atoms with Gasteiger partial charge in [0.15, 0.2) is 23.0 Å². The largest absolute Gasteiger partial charge is 0.504 e. The fourth-order valence-electron chi connectivity index (χ4n) is 1.68. The van der Waals surface area contributed by atoms with Crippen molar-refractivity contribution in [3.8, 4) is 23.0 Å². The normalized spacial score (nSPS) is 12.0. The molecule has 2 aromatic carbocycles. The molecule has 0 aliphatic rings. The molecule has 0 amide bonds. The van der Waals surface area contributed by atoms with Gasteiger partial charge in [0.25, 0.3) is 0 Å². The molecule has 6 nitrogen and oxygen atoms in total. The maximum atomic E-state index is 9.93. The molecule has 2 aromatic rings. The van der Waals surface area contributed by atoms with Gasteiger partial charge in [-0.15, -0.1) is 0 Å². The van der Waals surface area contributed by atoms with Gasteiger partial charge in [-0.1, -0.05) is 30.3 Å². The van der Waals surface area contributed by atoms with Gasteiger partial charge in [-0.2, -0.15) is 0 Å². The van der Waals surface area contributed by atoms with Crippen LogP contribution < -0.4 is 0 Å². The molecule has 6 heteroatoms. The number of phenolic OH excluding ortho intramolecular Hbond substituents is 4. The molecule has 0 unspecified atom stereocenters. The molecule has 2 rings (SSSR count). The van der Waals surface area contributed by atoms with Crippen LogP contribution in [0, 0.1) is 0 Å². The number of benzene rings is 2. The summed E-state index contributed by atoms with van der Waals surface area (Å²) in [4.78, 5) is 0. The van der Waals surface area contributed by atoms with Gasteiger partial charge in [0, 0.05) is 5.56 Å². The zero-order chi connectivity index (χ0) is 14.9. The van der Waals surface area contributed by atoms with Crippen LogP contribution in [0.25, 0.3) is 11.5 Å². The first kappa shape index (κ1) is 13.4. The summed E-state index contributed by atoms with van der Waals surface area (Å²) in [5, 5.41) is 57.5. The number of rotatable bonds is 2. The van der Waals surface area contributed by atoms with Crippen molar-refractivity contribution >= 4 is 11.5 Å². The van der Waals surface area contributed by atoms with Crippen molar-refractivity contribution in [3.05, 3.63) is 47.5 Å². The number of aliphatic hydroxyl groups is 2. The van der Waals surface area contributed by atoms with Crippen LogP contribution in [0.3, 0.4) is 0 Å². The summed E-state index contributed by atoms with van der Waals surface area (Å²) < 4.78 is 0. The minimum atomic E-state index is -0.993. The molecular formula is C14H12O6. The van der Waals surface area contributed by atoms with E-state index in [1.54, 1.807) is 18.2 Å². The number of hydrogen-bond donors (Lipinski definition) is 6. The van der Waals surface area contributed by atoms with Crippen LogP contribution >= 0.6 is 0 Å². The highest BCUT2D eigenvalue weighted by molar-refractivity contribution is 5.86. The van der Waals surface area contributed by atoms with E-state index >= 15 is 0 Å². The summed E-state index contributed by atoms with van der Waals surface area (Å²) in [6.07, 6.45) is 0. The molecule has 0 radical (unpaired) electrons. The van der Waals surface area contributed by atoms with Crippen molar-refractivity contribution in [2.24, 2.45) is 0 Å². The highest BCUT2D eigenvalue weighted by atomic mass is 16.3. The Morgan fingerprint density at radius 3 is 1.90 bits per heavy atom. The highest BCUT2D eigenvalue weighted by Crippen LogP contribution is 2.46. The lowest BCUT2D eigenvalue weighted by molar-refractivity contribution is 0.343. The average Bonchev–Trinajstić information content (AvgIpc) is 2.48. The average molecular weight is 276 g/mol. The minimum absolute atomic E-state index is 0.274. The molecule has 104 valence electrons. The molecular weight excluding hydrogens is 264 g/mol. The van der Waals surface area contributed by atoms with Crippen LogP contribution in [-0.4, -0.2) is 30.6 Å². The third-order valence-corrected chi connectivity index (χ3v) is 2.75. The van der Waals surface area contributed by atoms with Gasteiger partial charge >= 0.3 is 0 Å². The van der Waals surface area contributed by atoms with Gasteiger partial charge in [-0.3, -0.25) is 0 Å². The highest BCUT2D eigenvalue weighted by Gasteiger charge is 2.21. The first-order chi connectivity index (χ1) is 9.43. The zero-order valence-corrected chi connectivity index (χ0v) is 10.1. The predicted molar refractivity (Wildman–Crippen MR) is 71.6 cm³/mol. The lowest BCUT2D eigenvalue weighted by Crippen LogP contribution is -1.92. The first-order valence-electron chi connectivity index (χ1n) is 5.58. The van der Waals surface area contributed by atoms with E-state index in [-0.39, 0.29) is 5.56 Å². The van der Waals surface area contributed by atoms with E-state index in [1.807, 2.05) is 0 Å². The van der Waals surface area contributed by atoms with Gasteiger partial charge in [0.1, 0.15) is 0 Å². The van der Waals surface area contributed by atoms with E-state index in [0.29, 0.717) is 0 Å². The van der Waals surface area contributed by atoms with Crippen LogP contribution in [-0.2, 0) is 0 Å². The summed E-state index contributed by atoms with van der Waals surface area (Å²) in [5.74, 6) is -4.82. The second kappa shape index (κ2) is 4.93. The lowest BCUT2D eigenvalue weighted by atomic mass is 10.1. The lowest BCUT2D eigenvalue weighted by Gasteiger charge is -2.10. The van der Waals surface area contributed by atoms with Gasteiger partial charge in [-0.05, 0) is 6.07 Å². The number of hydrogen-bond acceptors (Lipinski definition) is 6. The molecule has 0 aliphatic heterocycles. The van der Waals surface area contributed by atoms with Crippen LogP contribution in [0.1, 0.15) is 11.1 Å². The number of aliphatic hydroxyl groups excluding tert-OH is 2. The Balaban J connectivity index is 2.62. The van der Waals surface area contributed by atoms with Crippen LogP contribution in [0.15, 0.2) is 36.4 Å². The van der Waals surface area contributed by atoms with E-state index in [0.717, 1.165) is 6.07 Å². The summed E-state index contributed by atoms with van der Waals surface area (Å²) in [7, 11) is 0. The third kappa shape index (κ3) is 2.14. The van der Waals surface area contributed by atoms with Crippen molar-refractivity contribution in [2.45, 2.75) is 0 Å². The fourth-order valence-corrected chi connectivity index (χ4v) is 1.68. The summed E-state index contributed by atoms with van der Waals surface area (Å²) in [5.41, 5.74) is -0.143. The first-order valence-corrected chi connectivity index (χ1v) is 5.58. The molecule has 0 saturated heterocycles. The second-order valence-corrected chi connectivity index (χ2v) is 4.05. The van der Waals surface area contributed by atoms with Crippen molar-refractivity contribution in [2.75, 3.05) is 0 Å². The Hall–Kier alpha value is -3.02.